The fourth-order valence-corrected chi connectivity index (χ4v) is 1.40. The van der Waals surface area contributed by atoms with Gasteiger partial charge in [0.2, 0.25) is 23.6 Å². The van der Waals surface area contributed by atoms with Crippen molar-refractivity contribution in [3.8, 4) is 0 Å². The van der Waals surface area contributed by atoms with Crippen molar-refractivity contribution in [2.75, 3.05) is 32.4 Å². The molecule has 0 saturated carbocycles. The topological polar surface area (TPSA) is 133 Å². The molecule has 0 spiro atoms. The van der Waals surface area contributed by atoms with Gasteiger partial charge in [0.15, 0.2) is 5.12 Å². The first-order valence-corrected chi connectivity index (χ1v) is 6.97. The third-order valence-corrected chi connectivity index (χ3v) is 2.84. The summed E-state index contributed by atoms with van der Waals surface area (Å²) in [6, 6.07) is 0. The molecule has 0 aromatic carbocycles. The fraction of sp³-hybridized carbons (Fsp3) is 0.545. The van der Waals surface area contributed by atoms with Crippen LogP contribution in [-0.2, 0) is 24.0 Å². The number of hydrogen-bond donors (Lipinski definition) is 4. The molecule has 0 aliphatic rings. The van der Waals surface area contributed by atoms with Crippen LogP contribution in [0.1, 0.15) is 6.92 Å². The molecule has 0 aromatic rings. The minimum Gasteiger partial charge on any atom is -0.358 e. The van der Waals surface area contributed by atoms with Gasteiger partial charge in [0, 0.05) is 14.0 Å². The lowest BCUT2D eigenvalue weighted by molar-refractivity contribution is -0.128. The number of carbonyl (C=O) groups excluding carboxylic acids is 5. The Morgan fingerprint density at radius 2 is 1.19 bits per heavy atom. The van der Waals surface area contributed by atoms with Gasteiger partial charge in [-0.2, -0.15) is 0 Å². The van der Waals surface area contributed by atoms with Crippen molar-refractivity contribution in [1.82, 2.24) is 21.3 Å². The summed E-state index contributed by atoms with van der Waals surface area (Å²) in [6.45, 7) is 0.570. The Morgan fingerprint density at radius 3 is 1.62 bits per heavy atom. The van der Waals surface area contributed by atoms with E-state index < -0.39 is 17.7 Å². The van der Waals surface area contributed by atoms with Crippen LogP contribution >= 0.6 is 11.8 Å². The van der Waals surface area contributed by atoms with E-state index in [0.717, 1.165) is 11.8 Å². The third kappa shape index (κ3) is 11.4. The number of thioether (sulfide) groups is 1. The van der Waals surface area contributed by atoms with Crippen LogP contribution in [0.25, 0.3) is 0 Å². The van der Waals surface area contributed by atoms with Gasteiger partial charge >= 0.3 is 0 Å². The second-order valence-electron chi connectivity index (χ2n) is 3.78. The van der Waals surface area contributed by atoms with Gasteiger partial charge < -0.3 is 21.3 Å². The number of rotatable bonds is 8. The molecule has 0 aliphatic heterocycles. The predicted octanol–water partition coefficient (Wildman–Crippen LogP) is -2.64. The summed E-state index contributed by atoms with van der Waals surface area (Å²) in [5.74, 6) is -1.94. The lowest BCUT2D eigenvalue weighted by atomic mass is 10.5. The minimum atomic E-state index is -0.550. The lowest BCUT2D eigenvalue weighted by Gasteiger charge is -2.07. The van der Waals surface area contributed by atoms with Crippen molar-refractivity contribution in [1.29, 1.82) is 0 Å². The number of likely N-dealkylation sites (N-methyl/N-ethyl adjacent to an activating group) is 1. The molecule has 118 valence electrons. The number of amides is 4. The zero-order valence-corrected chi connectivity index (χ0v) is 12.6. The highest BCUT2D eigenvalue weighted by Gasteiger charge is 2.09. The van der Waals surface area contributed by atoms with Crippen molar-refractivity contribution >= 4 is 40.5 Å². The Balaban J connectivity index is 3.75. The number of nitrogens with one attached hydrogen (secondary N) is 4. The molecule has 0 aliphatic carbocycles. The van der Waals surface area contributed by atoms with E-state index in [1.54, 1.807) is 0 Å². The van der Waals surface area contributed by atoms with Gasteiger partial charge in [-0.05, 0) is 0 Å². The highest BCUT2D eigenvalue weighted by molar-refractivity contribution is 8.14. The molecule has 9 nitrogen and oxygen atoms in total. The maximum Gasteiger partial charge on any atom is 0.239 e. The molecule has 0 aromatic heterocycles. The Labute approximate surface area is 126 Å². The van der Waals surface area contributed by atoms with Crippen LogP contribution in [0, 0.1) is 0 Å². The summed E-state index contributed by atoms with van der Waals surface area (Å²) in [5, 5.41) is 9.00. The second-order valence-corrected chi connectivity index (χ2v) is 4.94. The zero-order valence-electron chi connectivity index (χ0n) is 11.8. The largest absolute Gasteiger partial charge is 0.358 e. The second kappa shape index (κ2) is 10.7. The standard InChI is InChI=1S/C11H18N4O5S/c1-7(16)21-6-11(20)15-5-10(19)14-4-9(18)13-3-8(17)12-2/h3-6H2,1-2H3,(H,12,17)(H,13,18)(H,14,19)(H,15,20). The Morgan fingerprint density at radius 1 is 0.762 bits per heavy atom. The van der Waals surface area contributed by atoms with Crippen molar-refractivity contribution in [3.63, 3.8) is 0 Å². The third-order valence-electron chi connectivity index (χ3n) is 2.02. The van der Waals surface area contributed by atoms with Crippen molar-refractivity contribution in [2.45, 2.75) is 6.92 Å². The highest BCUT2D eigenvalue weighted by atomic mass is 32.2. The van der Waals surface area contributed by atoms with Crippen LogP contribution in [0.4, 0.5) is 0 Å². The maximum absolute atomic E-state index is 11.3. The maximum atomic E-state index is 11.3. The average molecular weight is 318 g/mol. The van der Waals surface area contributed by atoms with Crippen LogP contribution in [0.3, 0.4) is 0 Å². The summed E-state index contributed by atoms with van der Waals surface area (Å²) < 4.78 is 0. The SMILES string of the molecule is CNC(=O)CNC(=O)CNC(=O)CNC(=O)CSC(C)=O. The molecule has 0 rings (SSSR count). The van der Waals surface area contributed by atoms with E-state index in [4.69, 9.17) is 0 Å². The van der Waals surface area contributed by atoms with Crippen molar-refractivity contribution < 1.29 is 24.0 Å². The number of carbonyl (C=O) groups is 5. The van der Waals surface area contributed by atoms with Crippen LogP contribution in [-0.4, -0.2) is 61.2 Å². The zero-order chi connectivity index (χ0) is 16.3. The molecule has 0 heterocycles. The quantitative estimate of drug-likeness (QED) is 0.387. The Kier molecular flexibility index (Phi) is 9.59. The summed E-state index contributed by atoms with van der Waals surface area (Å²) in [5.41, 5.74) is 0. The van der Waals surface area contributed by atoms with E-state index in [1.807, 2.05) is 0 Å². The molecule has 10 heteroatoms. The van der Waals surface area contributed by atoms with E-state index in [2.05, 4.69) is 21.3 Å². The monoisotopic (exact) mass is 318 g/mol. The first-order chi connectivity index (χ1) is 9.85. The van der Waals surface area contributed by atoms with Gasteiger partial charge in [0.1, 0.15) is 0 Å². The van der Waals surface area contributed by atoms with Crippen LogP contribution in [0.15, 0.2) is 0 Å². The van der Waals surface area contributed by atoms with Crippen molar-refractivity contribution in [2.24, 2.45) is 0 Å². The van der Waals surface area contributed by atoms with Crippen LogP contribution < -0.4 is 21.3 Å². The molecule has 0 radical (unpaired) electrons. The summed E-state index contributed by atoms with van der Waals surface area (Å²) in [7, 11) is 1.43. The van der Waals surface area contributed by atoms with Gasteiger partial charge in [-0.3, -0.25) is 24.0 Å². The van der Waals surface area contributed by atoms with E-state index in [1.165, 1.54) is 14.0 Å². The molecule has 0 atom stereocenters. The number of hydrogen-bond acceptors (Lipinski definition) is 6. The molecule has 0 saturated heterocycles. The molecule has 21 heavy (non-hydrogen) atoms. The van der Waals surface area contributed by atoms with Crippen LogP contribution in [0.2, 0.25) is 0 Å². The van der Waals surface area contributed by atoms with Gasteiger partial charge in [-0.1, -0.05) is 11.8 Å². The minimum absolute atomic E-state index is 0.0603. The smallest absolute Gasteiger partial charge is 0.239 e. The van der Waals surface area contributed by atoms with Crippen molar-refractivity contribution in [3.05, 3.63) is 0 Å². The Hall–Kier alpha value is -2.10. The summed E-state index contributed by atoms with van der Waals surface area (Å²) in [6.07, 6.45) is 0. The van der Waals surface area contributed by atoms with Gasteiger partial charge in [0.05, 0.1) is 25.4 Å². The van der Waals surface area contributed by atoms with E-state index in [9.17, 15) is 24.0 Å². The van der Waals surface area contributed by atoms with Gasteiger partial charge in [0.25, 0.3) is 0 Å². The average Bonchev–Trinajstić information content (AvgIpc) is 2.45. The molecule has 4 amide bonds. The molecular formula is C11H18N4O5S. The normalized spacial score (nSPS) is 9.43. The first kappa shape index (κ1) is 18.9. The molecule has 4 N–H and O–H groups in total. The molecule has 0 bridgehead atoms. The molecule has 0 unspecified atom stereocenters. The fourth-order valence-electron chi connectivity index (χ4n) is 0.968. The van der Waals surface area contributed by atoms with Gasteiger partial charge in [-0.15, -0.1) is 0 Å². The first-order valence-electron chi connectivity index (χ1n) is 5.99. The van der Waals surface area contributed by atoms with E-state index >= 15 is 0 Å². The highest BCUT2D eigenvalue weighted by Crippen LogP contribution is 1.98. The summed E-state index contributed by atoms with van der Waals surface area (Å²) in [4.78, 5) is 55.3. The van der Waals surface area contributed by atoms with Crippen LogP contribution in [0.5, 0.6) is 0 Å². The van der Waals surface area contributed by atoms with Gasteiger partial charge in [-0.25, -0.2) is 0 Å². The Bertz CT molecular complexity index is 427. The molecular weight excluding hydrogens is 300 g/mol. The lowest BCUT2D eigenvalue weighted by Crippen LogP contribution is -2.44. The van der Waals surface area contributed by atoms with E-state index in [-0.39, 0.29) is 36.4 Å². The summed E-state index contributed by atoms with van der Waals surface area (Å²) >= 11 is 0.836. The molecule has 0 fully saturated rings. The predicted molar refractivity (Wildman–Crippen MR) is 76.2 cm³/mol. The van der Waals surface area contributed by atoms with E-state index in [0.29, 0.717) is 0 Å².